The average molecular weight is 395 g/mol. The molecule has 8 nitrogen and oxygen atoms in total. The van der Waals surface area contributed by atoms with Crippen LogP contribution in [0.5, 0.6) is 0 Å². The van der Waals surface area contributed by atoms with Crippen LogP contribution in [0.3, 0.4) is 0 Å². The maximum Gasteiger partial charge on any atom is 0.325 e. The van der Waals surface area contributed by atoms with Crippen molar-refractivity contribution in [2.75, 3.05) is 39.3 Å². The number of aromatic amines is 1. The van der Waals surface area contributed by atoms with E-state index in [4.69, 9.17) is 10.8 Å². The van der Waals surface area contributed by atoms with Crippen molar-refractivity contribution in [1.29, 1.82) is 0 Å². The molecule has 0 radical (unpaired) electrons. The van der Waals surface area contributed by atoms with Crippen LogP contribution in [0.15, 0.2) is 47.4 Å². The Morgan fingerprint density at radius 2 is 1.86 bits per heavy atom. The first kappa shape index (κ1) is 19.4. The van der Waals surface area contributed by atoms with Gasteiger partial charge in [-0.3, -0.25) is 14.6 Å². The van der Waals surface area contributed by atoms with Gasteiger partial charge in [0.15, 0.2) is 0 Å². The Kier molecular flexibility index (Phi) is 5.48. The molecular weight excluding hydrogens is 370 g/mol. The summed E-state index contributed by atoms with van der Waals surface area (Å²) in [6, 6.07) is 10.7. The first-order valence-corrected chi connectivity index (χ1v) is 9.74. The zero-order valence-corrected chi connectivity index (χ0v) is 16.2. The topological polar surface area (TPSA) is 108 Å². The minimum absolute atomic E-state index is 0.207. The van der Waals surface area contributed by atoms with E-state index in [1.54, 1.807) is 12.1 Å². The number of nitrogens with two attached hydrogens (primary N) is 1. The Hall–Kier alpha value is -2.94. The quantitative estimate of drug-likeness (QED) is 0.598. The SMILES string of the molecule is NC(=O)n1cccc(-c2cc3cc(CN4CCN(CCO)CC4)ccc3[nH]2)c1=O. The average Bonchev–Trinajstić information content (AvgIpc) is 3.13. The summed E-state index contributed by atoms with van der Waals surface area (Å²) in [4.78, 5) is 31.9. The maximum atomic E-state index is 12.5. The van der Waals surface area contributed by atoms with E-state index in [9.17, 15) is 9.59 Å². The van der Waals surface area contributed by atoms with Crippen molar-refractivity contribution < 1.29 is 9.90 Å². The molecule has 3 aromatic rings. The fraction of sp³-hybridized carbons (Fsp3) is 0.333. The summed E-state index contributed by atoms with van der Waals surface area (Å²) < 4.78 is 0.905. The van der Waals surface area contributed by atoms with Crippen molar-refractivity contribution in [3.63, 3.8) is 0 Å². The van der Waals surface area contributed by atoms with Gasteiger partial charge in [0, 0.05) is 56.4 Å². The summed E-state index contributed by atoms with van der Waals surface area (Å²) in [5.74, 6) is 0. The fourth-order valence-corrected chi connectivity index (χ4v) is 3.87. The molecular formula is C21H25N5O3. The van der Waals surface area contributed by atoms with E-state index in [-0.39, 0.29) is 6.61 Å². The van der Waals surface area contributed by atoms with Gasteiger partial charge in [0.1, 0.15) is 0 Å². The van der Waals surface area contributed by atoms with Crippen LogP contribution < -0.4 is 11.3 Å². The molecule has 8 heteroatoms. The lowest BCUT2D eigenvalue weighted by atomic mass is 10.1. The standard InChI is InChI=1S/C21H25N5O3/c22-21(29)26-5-1-2-17(20(26)28)19-13-16-12-15(3-4-18(16)23-19)14-25-8-6-24(7-9-25)10-11-27/h1-5,12-13,23,27H,6-11,14H2,(H2,22,29). The largest absolute Gasteiger partial charge is 0.395 e. The van der Waals surface area contributed by atoms with Crippen molar-refractivity contribution in [2.24, 2.45) is 5.73 Å². The molecule has 0 saturated carbocycles. The molecule has 4 N–H and O–H groups in total. The molecule has 3 heterocycles. The second-order valence-electron chi connectivity index (χ2n) is 7.38. The van der Waals surface area contributed by atoms with Crippen molar-refractivity contribution >= 4 is 16.9 Å². The lowest BCUT2D eigenvalue weighted by molar-refractivity contribution is 0.108. The van der Waals surface area contributed by atoms with E-state index in [1.807, 2.05) is 12.1 Å². The van der Waals surface area contributed by atoms with Crippen LogP contribution in [0.4, 0.5) is 4.79 Å². The molecule has 1 saturated heterocycles. The van der Waals surface area contributed by atoms with Crippen LogP contribution in [0.2, 0.25) is 0 Å². The van der Waals surface area contributed by atoms with Crippen LogP contribution in [-0.2, 0) is 6.54 Å². The molecule has 0 bridgehead atoms. The number of aromatic nitrogens is 2. The number of carbonyl (C=O) groups is 1. The predicted molar refractivity (Wildman–Crippen MR) is 112 cm³/mol. The van der Waals surface area contributed by atoms with Crippen LogP contribution in [0.25, 0.3) is 22.2 Å². The molecule has 1 aromatic carbocycles. The number of pyridine rings is 1. The molecule has 2 aromatic heterocycles. The number of benzene rings is 1. The number of amides is 1. The van der Waals surface area contributed by atoms with E-state index in [0.717, 1.165) is 54.7 Å². The van der Waals surface area contributed by atoms with Crippen LogP contribution >= 0.6 is 0 Å². The second kappa shape index (κ2) is 8.20. The van der Waals surface area contributed by atoms with Crippen molar-refractivity contribution in [1.82, 2.24) is 19.4 Å². The normalized spacial score (nSPS) is 15.8. The van der Waals surface area contributed by atoms with Gasteiger partial charge in [0.05, 0.1) is 17.9 Å². The highest BCUT2D eigenvalue weighted by molar-refractivity contribution is 5.86. The molecule has 152 valence electrons. The number of H-pyrrole nitrogens is 1. The van der Waals surface area contributed by atoms with Crippen LogP contribution in [0.1, 0.15) is 5.56 Å². The van der Waals surface area contributed by atoms with Gasteiger partial charge in [0.2, 0.25) is 0 Å². The predicted octanol–water partition coefficient (Wildman–Crippen LogP) is 1.03. The number of fused-ring (bicyclic) bond motifs is 1. The fourth-order valence-electron chi connectivity index (χ4n) is 3.87. The number of nitrogens with one attached hydrogen (secondary N) is 1. The molecule has 0 atom stereocenters. The number of primary amides is 1. The number of hydrogen-bond acceptors (Lipinski definition) is 5. The zero-order valence-electron chi connectivity index (χ0n) is 16.2. The van der Waals surface area contributed by atoms with E-state index in [1.165, 1.54) is 11.8 Å². The maximum absolute atomic E-state index is 12.5. The Balaban J connectivity index is 1.54. The molecule has 4 rings (SSSR count). The molecule has 1 aliphatic rings. The number of aliphatic hydroxyl groups is 1. The van der Waals surface area contributed by atoms with Gasteiger partial charge in [-0.05, 0) is 35.9 Å². The smallest absolute Gasteiger partial charge is 0.325 e. The molecule has 0 aliphatic carbocycles. The van der Waals surface area contributed by atoms with Gasteiger partial charge in [-0.2, -0.15) is 0 Å². The molecule has 0 spiro atoms. The highest BCUT2D eigenvalue weighted by Gasteiger charge is 2.17. The summed E-state index contributed by atoms with van der Waals surface area (Å²) in [5, 5.41) is 10.1. The van der Waals surface area contributed by atoms with Crippen molar-refractivity contribution in [3.05, 3.63) is 58.5 Å². The van der Waals surface area contributed by atoms with Crippen LogP contribution in [-0.4, -0.2) is 69.8 Å². The third kappa shape index (κ3) is 4.09. The highest BCUT2D eigenvalue weighted by Crippen LogP contribution is 2.23. The van der Waals surface area contributed by atoms with Gasteiger partial charge in [-0.25, -0.2) is 9.36 Å². The first-order chi connectivity index (χ1) is 14.0. The molecule has 29 heavy (non-hydrogen) atoms. The number of rotatable bonds is 5. The number of nitrogens with zero attached hydrogens (tertiary/aromatic N) is 3. The van der Waals surface area contributed by atoms with E-state index >= 15 is 0 Å². The minimum Gasteiger partial charge on any atom is -0.395 e. The summed E-state index contributed by atoms with van der Waals surface area (Å²) in [6.07, 6.45) is 1.37. The second-order valence-corrected chi connectivity index (χ2v) is 7.38. The van der Waals surface area contributed by atoms with E-state index in [0.29, 0.717) is 11.3 Å². The van der Waals surface area contributed by atoms with Gasteiger partial charge >= 0.3 is 6.03 Å². The number of piperazine rings is 1. The molecule has 1 fully saturated rings. The van der Waals surface area contributed by atoms with Gasteiger partial charge in [-0.15, -0.1) is 0 Å². The third-order valence-corrected chi connectivity index (χ3v) is 5.45. The monoisotopic (exact) mass is 395 g/mol. The van der Waals surface area contributed by atoms with Crippen molar-refractivity contribution in [3.8, 4) is 11.3 Å². The third-order valence-electron chi connectivity index (χ3n) is 5.45. The van der Waals surface area contributed by atoms with E-state index < -0.39 is 11.6 Å². The first-order valence-electron chi connectivity index (χ1n) is 9.74. The lowest BCUT2D eigenvalue weighted by Gasteiger charge is -2.34. The number of carbonyl (C=O) groups excluding carboxylic acids is 1. The molecule has 1 amide bonds. The van der Waals surface area contributed by atoms with Gasteiger partial charge < -0.3 is 15.8 Å². The summed E-state index contributed by atoms with van der Waals surface area (Å²) in [6.45, 7) is 5.71. The van der Waals surface area contributed by atoms with Crippen LogP contribution in [0, 0.1) is 0 Å². The highest BCUT2D eigenvalue weighted by atomic mass is 16.3. The molecule has 1 aliphatic heterocycles. The number of aliphatic hydroxyl groups excluding tert-OH is 1. The summed E-state index contributed by atoms with van der Waals surface area (Å²) >= 11 is 0. The Labute approximate surface area is 168 Å². The van der Waals surface area contributed by atoms with E-state index in [2.05, 4.69) is 26.9 Å². The van der Waals surface area contributed by atoms with Gasteiger partial charge in [0.25, 0.3) is 5.56 Å². The summed E-state index contributed by atoms with van der Waals surface area (Å²) in [7, 11) is 0. The Morgan fingerprint density at radius 1 is 1.10 bits per heavy atom. The van der Waals surface area contributed by atoms with Crippen molar-refractivity contribution in [2.45, 2.75) is 6.54 Å². The lowest BCUT2D eigenvalue weighted by Crippen LogP contribution is -2.46. The zero-order chi connectivity index (χ0) is 20.4. The number of hydrogen-bond donors (Lipinski definition) is 3. The number of β-amino-alcohol motifs (C(OH)–C–C–N with tert-alkyl or cyclic N) is 1. The summed E-state index contributed by atoms with van der Waals surface area (Å²) in [5.41, 5.74) is 8.04. The Bertz CT molecular complexity index is 1080. The Morgan fingerprint density at radius 3 is 2.59 bits per heavy atom. The van der Waals surface area contributed by atoms with Gasteiger partial charge in [-0.1, -0.05) is 6.07 Å². The minimum atomic E-state index is -0.797. The molecule has 0 unspecified atom stereocenters.